The summed E-state index contributed by atoms with van der Waals surface area (Å²) in [5, 5.41) is 15.4. The van der Waals surface area contributed by atoms with Crippen molar-refractivity contribution in [3.8, 4) is 0 Å². The Hall–Kier alpha value is -2.18. The van der Waals surface area contributed by atoms with E-state index in [0.29, 0.717) is 6.42 Å². The molecule has 0 aliphatic carbocycles. The molecule has 1 unspecified atom stereocenters. The van der Waals surface area contributed by atoms with E-state index in [1.54, 1.807) is 0 Å². The molecule has 0 amide bonds. The summed E-state index contributed by atoms with van der Waals surface area (Å²) in [5.41, 5.74) is 6.67. The molecule has 1 rings (SSSR count). The highest BCUT2D eigenvalue weighted by molar-refractivity contribution is 5.80. The lowest BCUT2D eigenvalue weighted by Gasteiger charge is -2.27. The zero-order chi connectivity index (χ0) is 15.2. The summed E-state index contributed by atoms with van der Waals surface area (Å²) in [6, 6.07) is 2.95. The first-order valence-electron chi connectivity index (χ1n) is 5.86. The van der Waals surface area contributed by atoms with Crippen LogP contribution >= 0.6 is 0 Å². The molecule has 0 saturated carbocycles. The molecule has 0 radical (unpaired) electrons. The summed E-state index contributed by atoms with van der Waals surface area (Å²) in [4.78, 5) is 14.0. The molecule has 0 saturated heterocycles. The van der Waals surface area contributed by atoms with Crippen LogP contribution in [0, 0.1) is 11.6 Å². The molecule has 2 N–H and O–H groups in total. The Kier molecular flexibility index (Phi) is 5.42. The van der Waals surface area contributed by atoms with E-state index in [4.69, 9.17) is 5.53 Å². The number of carbonyl (C=O) groups is 1. The second-order valence-corrected chi connectivity index (χ2v) is 4.29. The number of nitrogens with zero attached hydrogens (tertiary/aromatic N) is 3. The molecule has 108 valence electrons. The van der Waals surface area contributed by atoms with Crippen LogP contribution in [0.4, 0.5) is 8.78 Å². The maximum Gasteiger partial charge on any atom is 0.328 e. The topological polar surface area (TPSA) is 98.1 Å². The molecule has 8 heteroatoms. The van der Waals surface area contributed by atoms with Crippen molar-refractivity contribution in [1.29, 1.82) is 0 Å². The van der Waals surface area contributed by atoms with Crippen LogP contribution in [0.3, 0.4) is 0 Å². The van der Waals surface area contributed by atoms with Gasteiger partial charge in [-0.15, -0.1) is 0 Å². The Morgan fingerprint density at radius 3 is 2.75 bits per heavy atom. The SMILES string of the molecule is CC(NCCCN=[N+]=[N-])(C(=O)O)c1ccc(F)c(F)c1. The highest BCUT2D eigenvalue weighted by atomic mass is 19.2. The third-order valence-corrected chi connectivity index (χ3v) is 2.90. The van der Waals surface area contributed by atoms with Gasteiger partial charge in [-0.2, -0.15) is 0 Å². The highest BCUT2D eigenvalue weighted by Gasteiger charge is 2.35. The normalized spacial score (nSPS) is 13.3. The second-order valence-electron chi connectivity index (χ2n) is 4.29. The van der Waals surface area contributed by atoms with E-state index in [-0.39, 0.29) is 18.7 Å². The van der Waals surface area contributed by atoms with Crippen LogP contribution in [0.25, 0.3) is 10.4 Å². The largest absolute Gasteiger partial charge is 0.480 e. The van der Waals surface area contributed by atoms with Crippen molar-refractivity contribution in [3.05, 3.63) is 45.8 Å². The predicted octanol–water partition coefficient (Wildman–Crippen LogP) is 2.55. The van der Waals surface area contributed by atoms with Gasteiger partial charge in [0.1, 0.15) is 5.54 Å². The Morgan fingerprint density at radius 1 is 1.50 bits per heavy atom. The summed E-state index contributed by atoms with van der Waals surface area (Å²) in [6.07, 6.45) is 0.427. The number of azide groups is 1. The molecule has 0 aliphatic rings. The first-order valence-corrected chi connectivity index (χ1v) is 5.86. The minimum Gasteiger partial charge on any atom is -0.480 e. The maximum absolute atomic E-state index is 13.2. The lowest BCUT2D eigenvalue weighted by Crippen LogP contribution is -2.47. The van der Waals surface area contributed by atoms with Crippen LogP contribution in [0.2, 0.25) is 0 Å². The Bertz CT molecular complexity index is 546. The van der Waals surface area contributed by atoms with E-state index >= 15 is 0 Å². The molecule has 0 fully saturated rings. The van der Waals surface area contributed by atoms with Crippen molar-refractivity contribution in [2.75, 3.05) is 13.1 Å². The molecule has 1 aromatic rings. The predicted molar refractivity (Wildman–Crippen MR) is 68.0 cm³/mol. The molecule has 6 nitrogen and oxygen atoms in total. The Labute approximate surface area is 114 Å². The van der Waals surface area contributed by atoms with E-state index in [9.17, 15) is 18.7 Å². The van der Waals surface area contributed by atoms with Gasteiger partial charge >= 0.3 is 5.97 Å². The molecular weight excluding hydrogens is 270 g/mol. The minimum absolute atomic E-state index is 0.104. The number of nitrogens with one attached hydrogen (secondary N) is 1. The summed E-state index contributed by atoms with van der Waals surface area (Å²) in [7, 11) is 0. The van der Waals surface area contributed by atoms with E-state index in [1.807, 2.05) is 0 Å². The lowest BCUT2D eigenvalue weighted by molar-refractivity contribution is -0.144. The van der Waals surface area contributed by atoms with Gasteiger partial charge in [0.25, 0.3) is 0 Å². The summed E-state index contributed by atoms with van der Waals surface area (Å²) in [5.74, 6) is -3.36. The summed E-state index contributed by atoms with van der Waals surface area (Å²) >= 11 is 0. The van der Waals surface area contributed by atoms with Crippen molar-refractivity contribution < 1.29 is 18.7 Å². The monoisotopic (exact) mass is 284 g/mol. The average Bonchev–Trinajstić information content (AvgIpc) is 2.41. The van der Waals surface area contributed by atoms with Gasteiger partial charge in [-0.05, 0) is 43.1 Å². The molecule has 0 aromatic heterocycles. The fourth-order valence-electron chi connectivity index (χ4n) is 1.64. The minimum atomic E-state index is -1.55. The zero-order valence-corrected chi connectivity index (χ0v) is 10.8. The second kappa shape index (κ2) is 6.83. The standard InChI is InChI=1S/C12H14F2N4O2/c1-12(11(19)20,16-5-2-6-17-18-15)8-3-4-9(13)10(14)7-8/h3-4,7,16H,2,5-6H2,1H3,(H,19,20). The molecule has 1 aromatic carbocycles. The molecule has 0 bridgehead atoms. The molecule has 0 heterocycles. The molecule has 20 heavy (non-hydrogen) atoms. The number of halogens is 2. The smallest absolute Gasteiger partial charge is 0.328 e. The number of hydrogen-bond acceptors (Lipinski definition) is 3. The Balaban J connectivity index is 2.87. The summed E-state index contributed by atoms with van der Waals surface area (Å²) < 4.78 is 26.1. The van der Waals surface area contributed by atoms with Gasteiger partial charge in [0.05, 0.1) is 0 Å². The van der Waals surface area contributed by atoms with E-state index in [2.05, 4.69) is 15.3 Å². The quantitative estimate of drug-likeness (QED) is 0.348. The van der Waals surface area contributed by atoms with Crippen molar-refractivity contribution in [2.24, 2.45) is 5.11 Å². The lowest BCUT2D eigenvalue weighted by atomic mass is 9.91. The number of rotatable bonds is 7. The van der Waals surface area contributed by atoms with E-state index in [1.165, 1.54) is 13.0 Å². The summed E-state index contributed by atoms with van der Waals surface area (Å²) in [6.45, 7) is 1.83. The number of benzene rings is 1. The average molecular weight is 284 g/mol. The van der Waals surface area contributed by atoms with Gasteiger partial charge in [0, 0.05) is 11.5 Å². The maximum atomic E-state index is 13.2. The van der Waals surface area contributed by atoms with Crippen LogP contribution in [0.1, 0.15) is 18.9 Å². The number of carboxylic acids is 1. The molecule has 0 aliphatic heterocycles. The third-order valence-electron chi connectivity index (χ3n) is 2.90. The van der Waals surface area contributed by atoms with Crippen molar-refractivity contribution in [2.45, 2.75) is 18.9 Å². The van der Waals surface area contributed by atoms with Crippen molar-refractivity contribution in [3.63, 3.8) is 0 Å². The van der Waals surface area contributed by atoms with E-state index < -0.39 is 23.1 Å². The van der Waals surface area contributed by atoms with Crippen molar-refractivity contribution in [1.82, 2.24) is 5.32 Å². The molecular formula is C12H14F2N4O2. The van der Waals surface area contributed by atoms with Crippen LogP contribution in [-0.2, 0) is 10.3 Å². The van der Waals surface area contributed by atoms with Crippen LogP contribution in [-0.4, -0.2) is 24.2 Å². The van der Waals surface area contributed by atoms with Gasteiger partial charge in [0.15, 0.2) is 11.6 Å². The first-order chi connectivity index (χ1) is 9.41. The van der Waals surface area contributed by atoms with Crippen LogP contribution in [0.15, 0.2) is 23.3 Å². The number of carboxylic acid groups (broad SMARTS) is 1. The molecule has 1 atom stereocenters. The zero-order valence-electron chi connectivity index (χ0n) is 10.8. The molecule has 0 spiro atoms. The third kappa shape index (κ3) is 3.66. The van der Waals surface area contributed by atoms with Crippen molar-refractivity contribution >= 4 is 5.97 Å². The first kappa shape index (κ1) is 15.9. The fraction of sp³-hybridized carbons (Fsp3) is 0.417. The number of aliphatic carboxylic acids is 1. The van der Waals surface area contributed by atoms with Gasteiger partial charge in [-0.3, -0.25) is 5.32 Å². The Morgan fingerprint density at radius 2 is 2.20 bits per heavy atom. The van der Waals surface area contributed by atoms with Gasteiger partial charge in [-0.1, -0.05) is 11.2 Å². The van der Waals surface area contributed by atoms with E-state index in [0.717, 1.165) is 12.1 Å². The van der Waals surface area contributed by atoms with Gasteiger partial charge < -0.3 is 5.11 Å². The fourth-order valence-corrected chi connectivity index (χ4v) is 1.64. The van der Waals surface area contributed by atoms with Gasteiger partial charge in [-0.25, -0.2) is 13.6 Å². The van der Waals surface area contributed by atoms with Crippen LogP contribution < -0.4 is 5.32 Å². The van der Waals surface area contributed by atoms with Gasteiger partial charge in [0.2, 0.25) is 0 Å². The van der Waals surface area contributed by atoms with Crippen LogP contribution in [0.5, 0.6) is 0 Å². The number of hydrogen-bond donors (Lipinski definition) is 2. The highest BCUT2D eigenvalue weighted by Crippen LogP contribution is 2.23.